The summed E-state index contributed by atoms with van der Waals surface area (Å²) < 4.78 is 0. The van der Waals surface area contributed by atoms with Crippen LogP contribution in [0, 0.1) is 5.92 Å². The van der Waals surface area contributed by atoms with Crippen molar-refractivity contribution in [3.8, 4) is 0 Å². The number of hydrogen-bond acceptors (Lipinski definition) is 1. The number of nitrogens with one attached hydrogen (secondary N) is 1. The zero-order chi connectivity index (χ0) is 9.10. The molecule has 2 heteroatoms. The van der Waals surface area contributed by atoms with Gasteiger partial charge in [-0.2, -0.15) is 0 Å². The molecular weight excluding hydrogens is 194 g/mol. The minimum atomic E-state index is 0. The largest absolute Gasteiger partial charge is 0.310 e. The molecule has 1 N–H and O–H groups in total. The summed E-state index contributed by atoms with van der Waals surface area (Å²) in [5, 5.41) is 3.56. The Kier molecular flexibility index (Phi) is 4.43. The van der Waals surface area contributed by atoms with Gasteiger partial charge in [-0.3, -0.25) is 0 Å². The predicted molar refractivity (Wildman–Crippen MR) is 62.8 cm³/mol. The highest BCUT2D eigenvalue weighted by Crippen LogP contribution is 2.28. The van der Waals surface area contributed by atoms with Crippen LogP contribution in [0.2, 0.25) is 0 Å². The van der Waals surface area contributed by atoms with Gasteiger partial charge in [0.05, 0.1) is 0 Å². The Hall–Kier alpha value is -0.530. The summed E-state index contributed by atoms with van der Waals surface area (Å²) in [6, 6.07) is 11.1. The van der Waals surface area contributed by atoms with Crippen molar-refractivity contribution in [1.82, 2.24) is 5.32 Å². The van der Waals surface area contributed by atoms with Crippen LogP contribution in [0.3, 0.4) is 0 Å². The van der Waals surface area contributed by atoms with Crippen molar-refractivity contribution < 1.29 is 0 Å². The molecule has 1 atom stereocenters. The van der Waals surface area contributed by atoms with E-state index in [2.05, 4.69) is 42.6 Å². The summed E-state index contributed by atoms with van der Waals surface area (Å²) in [4.78, 5) is 0. The van der Waals surface area contributed by atoms with Gasteiger partial charge in [0.2, 0.25) is 0 Å². The van der Waals surface area contributed by atoms with Crippen LogP contribution in [0.5, 0.6) is 0 Å². The second-order valence-electron chi connectivity index (χ2n) is 3.98. The first-order chi connectivity index (χ1) is 6.36. The highest BCUT2D eigenvalue weighted by Gasteiger charge is 2.21. The highest BCUT2D eigenvalue weighted by molar-refractivity contribution is 5.85. The van der Waals surface area contributed by atoms with Crippen molar-refractivity contribution in [2.75, 3.05) is 6.54 Å². The standard InChI is InChI=1S/C12H17N.ClH/c1-10(13-9-11-7-8-11)12-5-3-2-4-6-12;/h2-6,10-11,13H,7-9H2,1H3;1H. The molecule has 1 fully saturated rings. The molecule has 14 heavy (non-hydrogen) atoms. The van der Waals surface area contributed by atoms with Gasteiger partial charge >= 0.3 is 0 Å². The van der Waals surface area contributed by atoms with Gasteiger partial charge < -0.3 is 5.32 Å². The van der Waals surface area contributed by atoms with Gasteiger partial charge in [-0.15, -0.1) is 12.4 Å². The lowest BCUT2D eigenvalue weighted by molar-refractivity contribution is 0.549. The molecule has 0 aromatic heterocycles. The number of benzene rings is 1. The first-order valence-corrected chi connectivity index (χ1v) is 5.14. The maximum absolute atomic E-state index is 3.56. The zero-order valence-electron chi connectivity index (χ0n) is 8.57. The third kappa shape index (κ3) is 3.32. The third-order valence-electron chi connectivity index (χ3n) is 2.71. The van der Waals surface area contributed by atoms with E-state index >= 15 is 0 Å². The topological polar surface area (TPSA) is 12.0 Å². The lowest BCUT2D eigenvalue weighted by Crippen LogP contribution is -2.20. The molecule has 0 radical (unpaired) electrons. The van der Waals surface area contributed by atoms with Crippen LogP contribution in [0.15, 0.2) is 30.3 Å². The van der Waals surface area contributed by atoms with Gasteiger partial charge in [0.25, 0.3) is 0 Å². The van der Waals surface area contributed by atoms with E-state index in [-0.39, 0.29) is 12.4 Å². The van der Waals surface area contributed by atoms with Crippen LogP contribution in [0.4, 0.5) is 0 Å². The van der Waals surface area contributed by atoms with Crippen LogP contribution in [0.1, 0.15) is 31.4 Å². The molecule has 1 aromatic carbocycles. The molecule has 0 spiro atoms. The third-order valence-corrected chi connectivity index (χ3v) is 2.71. The minimum absolute atomic E-state index is 0. The van der Waals surface area contributed by atoms with Crippen molar-refractivity contribution in [3.63, 3.8) is 0 Å². The minimum Gasteiger partial charge on any atom is -0.310 e. The van der Waals surface area contributed by atoms with E-state index in [9.17, 15) is 0 Å². The van der Waals surface area contributed by atoms with Gasteiger partial charge in [-0.1, -0.05) is 30.3 Å². The fourth-order valence-electron chi connectivity index (χ4n) is 1.52. The second-order valence-corrected chi connectivity index (χ2v) is 3.98. The summed E-state index contributed by atoms with van der Waals surface area (Å²) in [5.74, 6) is 0.964. The molecule has 0 bridgehead atoms. The molecule has 0 saturated heterocycles. The number of hydrogen-bond donors (Lipinski definition) is 1. The lowest BCUT2D eigenvalue weighted by atomic mass is 10.1. The van der Waals surface area contributed by atoms with Crippen molar-refractivity contribution in [2.45, 2.75) is 25.8 Å². The molecule has 1 aromatic rings. The molecule has 1 aliphatic rings. The first-order valence-electron chi connectivity index (χ1n) is 5.14. The average molecular weight is 212 g/mol. The molecule has 78 valence electrons. The zero-order valence-corrected chi connectivity index (χ0v) is 9.39. The quantitative estimate of drug-likeness (QED) is 0.807. The normalized spacial score (nSPS) is 17.2. The maximum Gasteiger partial charge on any atom is 0.0291 e. The van der Waals surface area contributed by atoms with E-state index in [1.807, 2.05) is 0 Å². The van der Waals surface area contributed by atoms with E-state index in [1.165, 1.54) is 24.9 Å². The van der Waals surface area contributed by atoms with Gasteiger partial charge in [0.1, 0.15) is 0 Å². The summed E-state index contributed by atoms with van der Waals surface area (Å²) in [5.41, 5.74) is 1.39. The van der Waals surface area contributed by atoms with E-state index in [4.69, 9.17) is 0 Å². The predicted octanol–water partition coefficient (Wildman–Crippen LogP) is 3.17. The van der Waals surface area contributed by atoms with Crippen LogP contribution in [-0.4, -0.2) is 6.54 Å². The summed E-state index contributed by atoms with van der Waals surface area (Å²) in [7, 11) is 0. The van der Waals surface area contributed by atoms with Crippen molar-refractivity contribution in [1.29, 1.82) is 0 Å². The summed E-state index contributed by atoms with van der Waals surface area (Å²) in [6.07, 6.45) is 2.85. The van der Waals surface area contributed by atoms with Crippen LogP contribution in [-0.2, 0) is 0 Å². The number of rotatable bonds is 4. The lowest BCUT2D eigenvalue weighted by Gasteiger charge is -2.13. The average Bonchev–Trinajstić information content (AvgIpc) is 2.99. The van der Waals surface area contributed by atoms with E-state index < -0.39 is 0 Å². The molecule has 0 heterocycles. The fourth-order valence-corrected chi connectivity index (χ4v) is 1.52. The molecule has 1 saturated carbocycles. The highest BCUT2D eigenvalue weighted by atomic mass is 35.5. The second kappa shape index (κ2) is 5.38. The Morgan fingerprint density at radius 1 is 1.29 bits per heavy atom. The Morgan fingerprint density at radius 3 is 2.50 bits per heavy atom. The molecular formula is C12H18ClN. The Labute approximate surface area is 92.3 Å². The monoisotopic (exact) mass is 211 g/mol. The van der Waals surface area contributed by atoms with Gasteiger partial charge in [-0.05, 0) is 37.8 Å². The molecule has 1 aliphatic carbocycles. The smallest absolute Gasteiger partial charge is 0.0291 e. The van der Waals surface area contributed by atoms with E-state index in [0.29, 0.717) is 6.04 Å². The van der Waals surface area contributed by atoms with Gasteiger partial charge in [-0.25, -0.2) is 0 Å². The van der Waals surface area contributed by atoms with Crippen molar-refractivity contribution in [3.05, 3.63) is 35.9 Å². The van der Waals surface area contributed by atoms with Crippen LogP contribution < -0.4 is 5.32 Å². The molecule has 0 amide bonds. The Bertz CT molecular complexity index is 256. The summed E-state index contributed by atoms with van der Waals surface area (Å²) >= 11 is 0. The first kappa shape index (κ1) is 11.5. The molecule has 1 unspecified atom stereocenters. The molecule has 0 aliphatic heterocycles. The van der Waals surface area contributed by atoms with E-state index in [0.717, 1.165) is 5.92 Å². The van der Waals surface area contributed by atoms with Crippen molar-refractivity contribution >= 4 is 12.4 Å². The SMILES string of the molecule is CC(NCC1CC1)c1ccccc1.Cl. The van der Waals surface area contributed by atoms with Gasteiger partial charge in [0, 0.05) is 6.04 Å². The maximum atomic E-state index is 3.56. The summed E-state index contributed by atoms with van der Waals surface area (Å²) in [6.45, 7) is 3.42. The van der Waals surface area contributed by atoms with E-state index in [1.54, 1.807) is 0 Å². The number of halogens is 1. The Morgan fingerprint density at radius 2 is 1.93 bits per heavy atom. The Balaban J connectivity index is 0.000000980. The van der Waals surface area contributed by atoms with Crippen LogP contribution >= 0.6 is 12.4 Å². The van der Waals surface area contributed by atoms with Crippen molar-refractivity contribution in [2.24, 2.45) is 5.92 Å². The van der Waals surface area contributed by atoms with Crippen LogP contribution in [0.25, 0.3) is 0 Å². The fraction of sp³-hybridized carbons (Fsp3) is 0.500. The molecule has 2 rings (SSSR count). The van der Waals surface area contributed by atoms with Gasteiger partial charge in [0.15, 0.2) is 0 Å². The molecule has 1 nitrogen and oxygen atoms in total.